The Labute approximate surface area is 98.3 Å². The van der Waals surface area contributed by atoms with E-state index in [2.05, 4.69) is 5.32 Å². The van der Waals surface area contributed by atoms with E-state index in [1.165, 1.54) is 16.2 Å². The van der Waals surface area contributed by atoms with E-state index >= 15 is 0 Å². The van der Waals surface area contributed by atoms with Crippen LogP contribution in [-0.2, 0) is 4.79 Å². The molecule has 2 rings (SSSR count). The summed E-state index contributed by atoms with van der Waals surface area (Å²) in [5, 5.41) is 6.50. The highest BCUT2D eigenvalue weighted by molar-refractivity contribution is 7.08. The number of thiophene rings is 1. The van der Waals surface area contributed by atoms with Gasteiger partial charge >= 0.3 is 0 Å². The second-order valence-electron chi connectivity index (χ2n) is 4.02. The van der Waals surface area contributed by atoms with Gasteiger partial charge in [0.2, 0.25) is 5.91 Å². The summed E-state index contributed by atoms with van der Waals surface area (Å²) in [6, 6.07) is 2.11. The van der Waals surface area contributed by atoms with Gasteiger partial charge in [0.1, 0.15) is 0 Å². The maximum absolute atomic E-state index is 11.8. The van der Waals surface area contributed by atoms with Gasteiger partial charge in [0.25, 0.3) is 5.91 Å². The van der Waals surface area contributed by atoms with E-state index in [0.29, 0.717) is 11.6 Å². The van der Waals surface area contributed by atoms with Crippen molar-refractivity contribution in [2.75, 3.05) is 13.6 Å². The van der Waals surface area contributed by atoms with Gasteiger partial charge in [0.05, 0.1) is 12.1 Å². The van der Waals surface area contributed by atoms with Crippen molar-refractivity contribution < 1.29 is 9.59 Å². The van der Waals surface area contributed by atoms with Crippen LogP contribution in [0.4, 0.5) is 0 Å². The van der Waals surface area contributed by atoms with Gasteiger partial charge in [-0.05, 0) is 24.3 Å². The van der Waals surface area contributed by atoms with Gasteiger partial charge in [0, 0.05) is 18.5 Å². The fourth-order valence-electron chi connectivity index (χ4n) is 1.39. The molecule has 2 amide bonds. The molecule has 1 aliphatic carbocycles. The van der Waals surface area contributed by atoms with E-state index in [1.807, 2.05) is 5.38 Å². The Morgan fingerprint density at radius 3 is 2.88 bits per heavy atom. The quantitative estimate of drug-likeness (QED) is 0.854. The summed E-state index contributed by atoms with van der Waals surface area (Å²) in [4.78, 5) is 24.7. The van der Waals surface area contributed by atoms with Crippen LogP contribution in [0.5, 0.6) is 0 Å². The number of carbonyl (C=O) groups excluding carboxylic acids is 2. The third-order valence-electron chi connectivity index (χ3n) is 2.44. The van der Waals surface area contributed by atoms with Crippen LogP contribution in [0.2, 0.25) is 0 Å². The molecule has 4 nitrogen and oxygen atoms in total. The van der Waals surface area contributed by atoms with Crippen LogP contribution in [0.25, 0.3) is 0 Å². The number of likely N-dealkylation sites (N-methyl/N-ethyl adjacent to an activating group) is 1. The first-order valence-electron chi connectivity index (χ1n) is 5.24. The van der Waals surface area contributed by atoms with Crippen LogP contribution < -0.4 is 5.32 Å². The summed E-state index contributed by atoms with van der Waals surface area (Å²) in [7, 11) is 1.65. The van der Waals surface area contributed by atoms with Gasteiger partial charge in [-0.3, -0.25) is 9.59 Å². The van der Waals surface area contributed by atoms with Crippen molar-refractivity contribution in [2.45, 2.75) is 18.9 Å². The van der Waals surface area contributed by atoms with Gasteiger partial charge in [-0.15, -0.1) is 0 Å². The maximum Gasteiger partial charge on any atom is 0.254 e. The largest absolute Gasteiger partial charge is 0.352 e. The lowest BCUT2D eigenvalue weighted by atomic mass is 10.3. The summed E-state index contributed by atoms with van der Waals surface area (Å²) in [5.74, 6) is -0.180. The molecule has 5 heteroatoms. The van der Waals surface area contributed by atoms with E-state index < -0.39 is 0 Å². The van der Waals surface area contributed by atoms with Crippen LogP contribution in [-0.4, -0.2) is 36.3 Å². The number of nitrogens with zero attached hydrogens (tertiary/aromatic N) is 1. The summed E-state index contributed by atoms with van der Waals surface area (Å²) < 4.78 is 0. The standard InChI is InChI=1S/C11H14N2O2S/c1-13(6-10(14)12-9-2-3-9)11(15)8-4-5-16-7-8/h4-5,7,9H,2-3,6H2,1H3,(H,12,14). The molecule has 0 saturated heterocycles. The molecule has 0 aromatic carbocycles. The van der Waals surface area contributed by atoms with Crippen molar-refractivity contribution >= 4 is 23.2 Å². The van der Waals surface area contributed by atoms with Gasteiger partial charge in [0.15, 0.2) is 0 Å². The fraction of sp³-hybridized carbons (Fsp3) is 0.455. The SMILES string of the molecule is CN(CC(=O)NC1CC1)C(=O)c1ccsc1. The Balaban J connectivity index is 1.84. The number of amides is 2. The number of carbonyl (C=O) groups is 2. The third kappa shape index (κ3) is 2.82. The summed E-state index contributed by atoms with van der Waals surface area (Å²) in [6.07, 6.45) is 2.13. The molecule has 1 aromatic heterocycles. The molecule has 86 valence electrons. The molecular formula is C11H14N2O2S. The van der Waals surface area contributed by atoms with Gasteiger partial charge in [-0.1, -0.05) is 0 Å². The first-order chi connectivity index (χ1) is 7.66. The molecule has 0 spiro atoms. The molecule has 0 radical (unpaired) electrons. The zero-order chi connectivity index (χ0) is 11.5. The van der Waals surface area contributed by atoms with Crippen molar-refractivity contribution in [3.05, 3.63) is 22.4 Å². The van der Waals surface area contributed by atoms with Crippen molar-refractivity contribution in [2.24, 2.45) is 0 Å². The molecule has 0 aliphatic heterocycles. The van der Waals surface area contributed by atoms with E-state index in [9.17, 15) is 9.59 Å². The summed E-state index contributed by atoms with van der Waals surface area (Å²) in [6.45, 7) is 0.130. The molecule has 0 bridgehead atoms. The van der Waals surface area contributed by atoms with Gasteiger partial charge < -0.3 is 10.2 Å². The topological polar surface area (TPSA) is 49.4 Å². The minimum Gasteiger partial charge on any atom is -0.352 e. The van der Waals surface area contributed by atoms with Crippen molar-refractivity contribution in [3.8, 4) is 0 Å². The van der Waals surface area contributed by atoms with Crippen LogP contribution in [0.15, 0.2) is 16.8 Å². The van der Waals surface area contributed by atoms with Gasteiger partial charge in [-0.2, -0.15) is 11.3 Å². The Bertz CT molecular complexity index is 385. The highest BCUT2D eigenvalue weighted by Gasteiger charge is 2.24. The minimum atomic E-state index is -0.104. The van der Waals surface area contributed by atoms with Crippen LogP contribution in [0.3, 0.4) is 0 Å². The van der Waals surface area contributed by atoms with Crippen LogP contribution in [0, 0.1) is 0 Å². The third-order valence-corrected chi connectivity index (χ3v) is 3.12. The molecule has 1 heterocycles. The first kappa shape index (κ1) is 11.1. The number of hydrogen-bond donors (Lipinski definition) is 1. The molecule has 1 saturated carbocycles. The lowest BCUT2D eigenvalue weighted by Crippen LogP contribution is -2.39. The molecule has 1 fully saturated rings. The highest BCUT2D eigenvalue weighted by Crippen LogP contribution is 2.18. The highest BCUT2D eigenvalue weighted by atomic mass is 32.1. The van der Waals surface area contributed by atoms with Gasteiger partial charge in [-0.25, -0.2) is 0 Å². The van der Waals surface area contributed by atoms with E-state index in [4.69, 9.17) is 0 Å². The maximum atomic E-state index is 11.8. The number of rotatable bonds is 4. The average Bonchev–Trinajstić information content (AvgIpc) is 2.89. The molecule has 0 unspecified atom stereocenters. The normalized spacial score (nSPS) is 14.6. The Kier molecular flexibility index (Phi) is 3.24. The van der Waals surface area contributed by atoms with E-state index in [0.717, 1.165) is 12.8 Å². The second-order valence-corrected chi connectivity index (χ2v) is 4.80. The van der Waals surface area contributed by atoms with Crippen molar-refractivity contribution in [3.63, 3.8) is 0 Å². The predicted octanol–water partition coefficient (Wildman–Crippen LogP) is 1.10. The lowest BCUT2D eigenvalue weighted by molar-refractivity contribution is -0.121. The lowest BCUT2D eigenvalue weighted by Gasteiger charge is -2.15. The Morgan fingerprint density at radius 1 is 1.56 bits per heavy atom. The predicted molar refractivity (Wildman–Crippen MR) is 62.4 cm³/mol. The molecular weight excluding hydrogens is 224 g/mol. The molecule has 1 aliphatic rings. The average molecular weight is 238 g/mol. The Hall–Kier alpha value is -1.36. The van der Waals surface area contributed by atoms with E-state index in [-0.39, 0.29) is 18.4 Å². The monoisotopic (exact) mass is 238 g/mol. The Morgan fingerprint density at radius 2 is 2.31 bits per heavy atom. The smallest absolute Gasteiger partial charge is 0.254 e. The molecule has 16 heavy (non-hydrogen) atoms. The zero-order valence-electron chi connectivity index (χ0n) is 9.10. The van der Waals surface area contributed by atoms with Crippen molar-refractivity contribution in [1.82, 2.24) is 10.2 Å². The number of hydrogen-bond acceptors (Lipinski definition) is 3. The van der Waals surface area contributed by atoms with E-state index in [1.54, 1.807) is 18.5 Å². The molecule has 1 aromatic rings. The molecule has 1 N–H and O–H groups in total. The van der Waals surface area contributed by atoms with Crippen LogP contribution >= 0.6 is 11.3 Å². The zero-order valence-corrected chi connectivity index (χ0v) is 9.92. The van der Waals surface area contributed by atoms with Crippen molar-refractivity contribution in [1.29, 1.82) is 0 Å². The van der Waals surface area contributed by atoms with Crippen LogP contribution in [0.1, 0.15) is 23.2 Å². The first-order valence-corrected chi connectivity index (χ1v) is 6.18. The second kappa shape index (κ2) is 4.65. The summed E-state index contributed by atoms with van der Waals surface area (Å²) in [5.41, 5.74) is 0.645. The summed E-state index contributed by atoms with van der Waals surface area (Å²) >= 11 is 1.48. The minimum absolute atomic E-state index is 0.0754. The molecule has 0 atom stereocenters. The number of nitrogens with one attached hydrogen (secondary N) is 1. The fourth-order valence-corrected chi connectivity index (χ4v) is 2.02.